The first kappa shape index (κ1) is 24.1. The summed E-state index contributed by atoms with van der Waals surface area (Å²) in [5.74, 6) is 1.80. The van der Waals surface area contributed by atoms with Crippen molar-refractivity contribution in [3.63, 3.8) is 0 Å². The summed E-state index contributed by atoms with van der Waals surface area (Å²) in [6, 6.07) is 1.91. The quantitative estimate of drug-likeness (QED) is 0.201. The SMILES string of the molecule is CCNC(=NCc1cc(C(C)C)no1)NCCCNS(=O)(=O)CC.I. The van der Waals surface area contributed by atoms with Gasteiger partial charge in [-0.2, -0.15) is 0 Å². The van der Waals surface area contributed by atoms with Crippen molar-refractivity contribution in [1.29, 1.82) is 0 Å². The molecular weight excluding hydrogens is 457 g/mol. The van der Waals surface area contributed by atoms with E-state index < -0.39 is 10.0 Å². The van der Waals surface area contributed by atoms with Crippen molar-refractivity contribution in [2.75, 3.05) is 25.4 Å². The normalized spacial score (nSPS) is 12.1. The second kappa shape index (κ2) is 12.5. The highest BCUT2D eigenvalue weighted by Gasteiger charge is 2.08. The van der Waals surface area contributed by atoms with Gasteiger partial charge in [0.15, 0.2) is 11.7 Å². The summed E-state index contributed by atoms with van der Waals surface area (Å²) in [4.78, 5) is 4.44. The molecule has 1 aromatic rings. The van der Waals surface area contributed by atoms with Crippen LogP contribution in [-0.2, 0) is 16.6 Å². The third kappa shape index (κ3) is 10.00. The first-order chi connectivity index (χ1) is 11.4. The van der Waals surface area contributed by atoms with Gasteiger partial charge in [0.25, 0.3) is 0 Å². The Kier molecular flexibility index (Phi) is 12.0. The monoisotopic (exact) mass is 487 g/mol. The van der Waals surface area contributed by atoms with Gasteiger partial charge in [-0.3, -0.25) is 0 Å². The third-order valence-electron chi connectivity index (χ3n) is 3.25. The minimum absolute atomic E-state index is 0. The molecule has 0 unspecified atom stereocenters. The van der Waals surface area contributed by atoms with E-state index >= 15 is 0 Å². The predicted molar refractivity (Wildman–Crippen MR) is 111 cm³/mol. The van der Waals surface area contributed by atoms with E-state index in [0.29, 0.717) is 43.7 Å². The van der Waals surface area contributed by atoms with Crippen LogP contribution in [0.2, 0.25) is 0 Å². The van der Waals surface area contributed by atoms with Crippen LogP contribution in [-0.4, -0.2) is 44.9 Å². The fourth-order valence-electron chi connectivity index (χ4n) is 1.80. The van der Waals surface area contributed by atoms with Crippen LogP contribution < -0.4 is 15.4 Å². The number of nitrogens with one attached hydrogen (secondary N) is 3. The van der Waals surface area contributed by atoms with Crippen LogP contribution in [0.4, 0.5) is 0 Å². The fraction of sp³-hybridized carbons (Fsp3) is 0.733. The van der Waals surface area contributed by atoms with Gasteiger partial charge < -0.3 is 15.2 Å². The minimum atomic E-state index is -3.12. The van der Waals surface area contributed by atoms with Crippen LogP contribution in [0, 0.1) is 0 Å². The Hall–Kier alpha value is -0.880. The van der Waals surface area contributed by atoms with E-state index in [4.69, 9.17) is 4.52 Å². The van der Waals surface area contributed by atoms with E-state index in [-0.39, 0.29) is 29.7 Å². The molecule has 0 saturated heterocycles. The Morgan fingerprint density at radius 1 is 1.28 bits per heavy atom. The Morgan fingerprint density at radius 3 is 2.56 bits per heavy atom. The molecule has 0 aliphatic carbocycles. The van der Waals surface area contributed by atoms with Crippen LogP contribution in [0.5, 0.6) is 0 Å². The van der Waals surface area contributed by atoms with Crippen LogP contribution in [0.1, 0.15) is 51.5 Å². The molecule has 3 N–H and O–H groups in total. The molecule has 1 heterocycles. The fourth-order valence-corrected chi connectivity index (χ4v) is 2.46. The Bertz CT molecular complexity index is 616. The number of aromatic nitrogens is 1. The van der Waals surface area contributed by atoms with Gasteiger partial charge in [-0.05, 0) is 26.2 Å². The van der Waals surface area contributed by atoms with E-state index in [1.807, 2.05) is 13.0 Å². The first-order valence-electron chi connectivity index (χ1n) is 8.33. The van der Waals surface area contributed by atoms with Gasteiger partial charge in [0.05, 0.1) is 11.4 Å². The van der Waals surface area contributed by atoms with Crippen LogP contribution in [0.25, 0.3) is 0 Å². The molecule has 0 aliphatic heterocycles. The standard InChI is InChI=1S/C15H29N5O3S.HI/c1-5-16-15(17-8-7-9-19-24(21,22)6-2)18-11-13-10-14(12(3)4)20-23-13;/h10,12,19H,5-9,11H2,1-4H3,(H2,16,17,18);1H. The average molecular weight is 487 g/mol. The number of rotatable bonds is 10. The maximum Gasteiger partial charge on any atom is 0.211 e. The van der Waals surface area contributed by atoms with Gasteiger partial charge in [-0.15, -0.1) is 24.0 Å². The highest BCUT2D eigenvalue weighted by Crippen LogP contribution is 2.14. The van der Waals surface area contributed by atoms with Crippen LogP contribution >= 0.6 is 24.0 Å². The molecule has 1 aromatic heterocycles. The molecule has 0 radical (unpaired) electrons. The lowest BCUT2D eigenvalue weighted by molar-refractivity contribution is 0.376. The van der Waals surface area contributed by atoms with Crippen LogP contribution in [0.3, 0.4) is 0 Å². The summed E-state index contributed by atoms with van der Waals surface area (Å²) < 4.78 is 30.4. The first-order valence-corrected chi connectivity index (χ1v) is 9.98. The molecule has 0 saturated carbocycles. The summed E-state index contributed by atoms with van der Waals surface area (Å²) in [6.07, 6.45) is 0.670. The van der Waals surface area contributed by atoms with Gasteiger partial charge in [0.1, 0.15) is 6.54 Å². The molecule has 0 amide bonds. The van der Waals surface area contributed by atoms with E-state index in [1.165, 1.54) is 0 Å². The topological polar surface area (TPSA) is 109 Å². The highest BCUT2D eigenvalue weighted by atomic mass is 127. The van der Waals surface area contributed by atoms with Crippen molar-refractivity contribution in [2.24, 2.45) is 4.99 Å². The summed E-state index contributed by atoms with van der Waals surface area (Å²) in [6.45, 7) is 9.88. The largest absolute Gasteiger partial charge is 0.359 e. The lowest BCUT2D eigenvalue weighted by atomic mass is 10.1. The van der Waals surface area contributed by atoms with Crippen molar-refractivity contribution in [3.8, 4) is 0 Å². The number of sulfonamides is 1. The molecule has 25 heavy (non-hydrogen) atoms. The van der Waals surface area contributed by atoms with Crippen LogP contribution in [0.15, 0.2) is 15.6 Å². The molecule has 0 spiro atoms. The lowest BCUT2D eigenvalue weighted by Gasteiger charge is -2.11. The minimum Gasteiger partial charge on any atom is -0.359 e. The molecule has 8 nitrogen and oxygen atoms in total. The Morgan fingerprint density at radius 2 is 2.00 bits per heavy atom. The average Bonchev–Trinajstić information content (AvgIpc) is 3.01. The van der Waals surface area contributed by atoms with Gasteiger partial charge in [0.2, 0.25) is 10.0 Å². The lowest BCUT2D eigenvalue weighted by Crippen LogP contribution is -2.38. The van der Waals surface area contributed by atoms with Crippen molar-refractivity contribution in [2.45, 2.75) is 46.6 Å². The van der Waals surface area contributed by atoms with Crippen molar-refractivity contribution in [1.82, 2.24) is 20.5 Å². The second-order valence-electron chi connectivity index (χ2n) is 5.65. The Balaban J connectivity index is 0.00000576. The van der Waals surface area contributed by atoms with E-state index in [2.05, 4.69) is 39.4 Å². The van der Waals surface area contributed by atoms with Crippen molar-refractivity contribution in [3.05, 3.63) is 17.5 Å². The number of hydrogen-bond donors (Lipinski definition) is 3. The Labute approximate surface area is 167 Å². The van der Waals surface area contributed by atoms with Crippen molar-refractivity contribution >= 4 is 40.0 Å². The summed E-state index contributed by atoms with van der Waals surface area (Å²) >= 11 is 0. The highest BCUT2D eigenvalue weighted by molar-refractivity contribution is 14.0. The number of aliphatic imine (C=N–C) groups is 1. The molecule has 0 fully saturated rings. The molecule has 0 aliphatic rings. The molecule has 10 heteroatoms. The zero-order valence-corrected chi connectivity index (χ0v) is 18.5. The maximum atomic E-state index is 11.3. The van der Waals surface area contributed by atoms with Crippen molar-refractivity contribution < 1.29 is 12.9 Å². The molecule has 1 rings (SSSR count). The molecule has 146 valence electrons. The van der Waals surface area contributed by atoms with Gasteiger partial charge in [-0.25, -0.2) is 18.1 Å². The van der Waals surface area contributed by atoms with Gasteiger partial charge in [0, 0.05) is 25.7 Å². The number of nitrogens with zero attached hydrogens (tertiary/aromatic N) is 2. The van der Waals surface area contributed by atoms with E-state index in [9.17, 15) is 8.42 Å². The number of halogens is 1. The van der Waals surface area contributed by atoms with E-state index in [1.54, 1.807) is 6.92 Å². The summed E-state index contributed by atoms with van der Waals surface area (Å²) in [5, 5.41) is 10.3. The molecular formula is C15H30IN5O3S. The molecule has 0 bridgehead atoms. The summed E-state index contributed by atoms with van der Waals surface area (Å²) in [5.41, 5.74) is 0.918. The smallest absolute Gasteiger partial charge is 0.211 e. The molecule has 0 atom stereocenters. The number of hydrogen-bond acceptors (Lipinski definition) is 5. The zero-order chi connectivity index (χ0) is 18.0. The molecule has 0 aromatic carbocycles. The second-order valence-corrected chi connectivity index (χ2v) is 7.74. The maximum absolute atomic E-state index is 11.3. The third-order valence-corrected chi connectivity index (χ3v) is 4.66. The van der Waals surface area contributed by atoms with Gasteiger partial charge >= 0.3 is 0 Å². The van der Waals surface area contributed by atoms with Gasteiger partial charge in [-0.1, -0.05) is 19.0 Å². The zero-order valence-electron chi connectivity index (χ0n) is 15.3. The number of guanidine groups is 1. The summed E-state index contributed by atoms with van der Waals surface area (Å²) in [7, 11) is -3.12. The van der Waals surface area contributed by atoms with E-state index in [0.717, 1.165) is 12.2 Å². The predicted octanol–water partition coefficient (Wildman–Crippen LogP) is 1.80.